The van der Waals surface area contributed by atoms with Crippen LogP contribution in [0.25, 0.3) is 0 Å². The lowest BCUT2D eigenvalue weighted by Gasteiger charge is -2.34. The second kappa shape index (κ2) is 6.72. The topological polar surface area (TPSA) is 36.4 Å². The highest BCUT2D eigenvalue weighted by molar-refractivity contribution is 7.09. The van der Waals surface area contributed by atoms with Gasteiger partial charge in [0.2, 0.25) is 0 Å². The molecule has 0 N–H and O–H groups in total. The number of aromatic nitrogens is 1. The number of thiazole rings is 1. The maximum Gasteiger partial charge on any atom is 0.254 e. The Bertz CT molecular complexity index is 711. The van der Waals surface area contributed by atoms with E-state index in [1.165, 1.54) is 6.07 Å². The van der Waals surface area contributed by atoms with Crippen LogP contribution in [-0.4, -0.2) is 46.9 Å². The van der Waals surface area contributed by atoms with Crippen molar-refractivity contribution in [1.82, 2.24) is 14.8 Å². The molecule has 2 heterocycles. The average molecular weight is 337 g/mol. The van der Waals surface area contributed by atoms with Crippen molar-refractivity contribution >= 4 is 17.2 Å². The van der Waals surface area contributed by atoms with Gasteiger partial charge < -0.3 is 4.90 Å². The maximum atomic E-state index is 13.3. The molecule has 7 heteroatoms. The van der Waals surface area contributed by atoms with Gasteiger partial charge in [0.25, 0.3) is 5.91 Å². The van der Waals surface area contributed by atoms with Gasteiger partial charge in [0.15, 0.2) is 11.6 Å². The van der Waals surface area contributed by atoms with Gasteiger partial charge in [0.05, 0.1) is 6.54 Å². The molecule has 0 atom stereocenters. The number of piperazine rings is 1. The largest absolute Gasteiger partial charge is 0.336 e. The minimum Gasteiger partial charge on any atom is -0.336 e. The van der Waals surface area contributed by atoms with Gasteiger partial charge in [-0.2, -0.15) is 0 Å². The molecule has 1 aliphatic heterocycles. The SMILES string of the molecule is Cc1csc(CN2CCN(C(=O)c3ccc(F)c(F)c3)CC2)n1. The zero-order valence-corrected chi connectivity index (χ0v) is 13.6. The first-order valence-corrected chi connectivity index (χ1v) is 8.28. The van der Waals surface area contributed by atoms with Crippen LogP contribution in [0.15, 0.2) is 23.6 Å². The standard InChI is InChI=1S/C16H17F2N3OS/c1-11-10-23-15(19-11)9-20-4-6-21(7-5-20)16(22)12-2-3-13(17)14(18)8-12/h2-3,8,10H,4-7,9H2,1H3. The molecule has 0 radical (unpaired) electrons. The van der Waals surface area contributed by atoms with E-state index >= 15 is 0 Å². The number of carbonyl (C=O) groups excluding carboxylic acids is 1. The summed E-state index contributed by atoms with van der Waals surface area (Å²) in [5, 5.41) is 3.10. The van der Waals surface area contributed by atoms with Crippen LogP contribution in [0.4, 0.5) is 8.78 Å². The Morgan fingerprint density at radius 3 is 2.57 bits per heavy atom. The molecule has 1 saturated heterocycles. The molecule has 0 unspecified atom stereocenters. The quantitative estimate of drug-likeness (QED) is 0.864. The van der Waals surface area contributed by atoms with Crippen molar-refractivity contribution in [1.29, 1.82) is 0 Å². The van der Waals surface area contributed by atoms with Crippen LogP contribution in [-0.2, 0) is 6.54 Å². The lowest BCUT2D eigenvalue weighted by Crippen LogP contribution is -2.48. The van der Waals surface area contributed by atoms with Gasteiger partial charge in [-0.15, -0.1) is 11.3 Å². The van der Waals surface area contributed by atoms with Gasteiger partial charge in [0.1, 0.15) is 5.01 Å². The summed E-state index contributed by atoms with van der Waals surface area (Å²) in [6.45, 7) is 5.39. The number of rotatable bonds is 3. The molecule has 1 fully saturated rings. The smallest absolute Gasteiger partial charge is 0.254 e. The Morgan fingerprint density at radius 1 is 1.22 bits per heavy atom. The molecule has 1 aliphatic rings. The summed E-state index contributed by atoms with van der Waals surface area (Å²) in [7, 11) is 0. The lowest BCUT2D eigenvalue weighted by molar-refractivity contribution is 0.0628. The highest BCUT2D eigenvalue weighted by Crippen LogP contribution is 2.15. The molecule has 23 heavy (non-hydrogen) atoms. The van der Waals surface area contributed by atoms with Gasteiger partial charge in [-0.3, -0.25) is 9.69 Å². The summed E-state index contributed by atoms with van der Waals surface area (Å²) in [5.41, 5.74) is 1.21. The molecule has 3 rings (SSSR count). The molecule has 4 nitrogen and oxygen atoms in total. The fourth-order valence-corrected chi connectivity index (χ4v) is 3.40. The van der Waals surface area contributed by atoms with Crippen molar-refractivity contribution in [2.45, 2.75) is 13.5 Å². The summed E-state index contributed by atoms with van der Waals surface area (Å²) in [4.78, 5) is 20.7. The van der Waals surface area contributed by atoms with E-state index in [4.69, 9.17) is 0 Å². The summed E-state index contributed by atoms with van der Waals surface area (Å²) in [5.74, 6) is -2.19. The number of carbonyl (C=O) groups is 1. The monoisotopic (exact) mass is 337 g/mol. The minimum absolute atomic E-state index is 0.188. The molecule has 2 aromatic rings. The fraction of sp³-hybridized carbons (Fsp3) is 0.375. The predicted molar refractivity (Wildman–Crippen MR) is 84.4 cm³/mol. The first-order valence-electron chi connectivity index (χ1n) is 7.40. The lowest BCUT2D eigenvalue weighted by atomic mass is 10.1. The number of amides is 1. The fourth-order valence-electron chi connectivity index (χ4n) is 2.59. The third-order valence-corrected chi connectivity index (χ3v) is 4.80. The summed E-state index contributed by atoms with van der Waals surface area (Å²) in [6.07, 6.45) is 0. The second-order valence-electron chi connectivity index (χ2n) is 5.58. The molecule has 0 bridgehead atoms. The zero-order chi connectivity index (χ0) is 16.4. The summed E-state index contributed by atoms with van der Waals surface area (Å²) in [6, 6.07) is 3.28. The Hall–Kier alpha value is -1.86. The van der Waals surface area contributed by atoms with Crippen molar-refractivity contribution in [2.75, 3.05) is 26.2 Å². The van der Waals surface area contributed by atoms with Gasteiger partial charge in [-0.05, 0) is 25.1 Å². The van der Waals surface area contributed by atoms with E-state index in [1.807, 2.05) is 12.3 Å². The van der Waals surface area contributed by atoms with Crippen LogP contribution in [0.3, 0.4) is 0 Å². The number of hydrogen-bond donors (Lipinski definition) is 0. The van der Waals surface area contributed by atoms with Crippen molar-refractivity contribution in [2.24, 2.45) is 0 Å². The third kappa shape index (κ3) is 3.73. The molecule has 122 valence electrons. The number of halogens is 2. The van der Waals surface area contributed by atoms with Gasteiger partial charge in [-0.1, -0.05) is 0 Å². The van der Waals surface area contributed by atoms with Crippen molar-refractivity contribution in [3.05, 3.63) is 51.5 Å². The Morgan fingerprint density at radius 2 is 1.96 bits per heavy atom. The Labute approximate surface area is 137 Å². The average Bonchev–Trinajstić information content (AvgIpc) is 2.95. The third-order valence-electron chi connectivity index (χ3n) is 3.85. The van der Waals surface area contributed by atoms with E-state index in [2.05, 4.69) is 9.88 Å². The van der Waals surface area contributed by atoms with Crippen LogP contribution >= 0.6 is 11.3 Å². The van der Waals surface area contributed by atoms with Gasteiger partial charge in [-0.25, -0.2) is 13.8 Å². The van der Waals surface area contributed by atoms with Crippen LogP contribution in [0, 0.1) is 18.6 Å². The molecule has 0 spiro atoms. The minimum atomic E-state index is -0.992. The molecule has 0 aliphatic carbocycles. The van der Waals surface area contributed by atoms with Crippen LogP contribution in [0.1, 0.15) is 21.1 Å². The second-order valence-corrected chi connectivity index (χ2v) is 6.52. The van der Waals surface area contributed by atoms with Crippen molar-refractivity contribution in [3.63, 3.8) is 0 Å². The molecule has 1 aromatic heterocycles. The summed E-state index contributed by atoms with van der Waals surface area (Å²) < 4.78 is 26.2. The van der Waals surface area contributed by atoms with E-state index < -0.39 is 11.6 Å². The Balaban J connectivity index is 1.57. The molecular formula is C16H17F2N3OS. The van der Waals surface area contributed by atoms with Crippen molar-refractivity contribution in [3.8, 4) is 0 Å². The van der Waals surface area contributed by atoms with Crippen LogP contribution < -0.4 is 0 Å². The van der Waals surface area contributed by atoms with E-state index in [1.54, 1.807) is 16.2 Å². The summed E-state index contributed by atoms with van der Waals surface area (Å²) >= 11 is 1.64. The van der Waals surface area contributed by atoms with Gasteiger partial charge in [0, 0.05) is 42.8 Å². The highest BCUT2D eigenvalue weighted by Gasteiger charge is 2.23. The van der Waals surface area contributed by atoms with Gasteiger partial charge >= 0.3 is 0 Å². The highest BCUT2D eigenvalue weighted by atomic mass is 32.1. The van der Waals surface area contributed by atoms with E-state index in [9.17, 15) is 13.6 Å². The van der Waals surface area contributed by atoms with Crippen molar-refractivity contribution < 1.29 is 13.6 Å². The number of nitrogens with zero attached hydrogens (tertiary/aromatic N) is 3. The first-order chi connectivity index (χ1) is 11.0. The molecule has 0 saturated carbocycles. The molecular weight excluding hydrogens is 320 g/mol. The van der Waals surface area contributed by atoms with Crippen LogP contribution in [0.2, 0.25) is 0 Å². The Kier molecular flexibility index (Phi) is 4.68. The van der Waals surface area contributed by atoms with E-state index in [0.717, 1.165) is 42.5 Å². The van der Waals surface area contributed by atoms with E-state index in [0.29, 0.717) is 13.1 Å². The first kappa shape index (κ1) is 16.0. The normalized spacial score (nSPS) is 15.9. The number of aryl methyl sites for hydroxylation is 1. The number of benzene rings is 1. The predicted octanol–water partition coefficient (Wildman–Crippen LogP) is 2.69. The number of hydrogen-bond acceptors (Lipinski definition) is 4. The van der Waals surface area contributed by atoms with E-state index in [-0.39, 0.29) is 11.5 Å². The maximum absolute atomic E-state index is 13.3. The zero-order valence-electron chi connectivity index (χ0n) is 12.8. The molecule has 1 aromatic carbocycles. The van der Waals surface area contributed by atoms with Crippen LogP contribution in [0.5, 0.6) is 0 Å². The molecule has 1 amide bonds.